The van der Waals surface area contributed by atoms with E-state index in [0.717, 1.165) is 30.4 Å². The molecule has 0 saturated carbocycles. The second-order valence-corrected chi connectivity index (χ2v) is 10.6. The van der Waals surface area contributed by atoms with Crippen molar-refractivity contribution in [3.8, 4) is 0 Å². The molecule has 0 aromatic heterocycles. The molecular weight excluding hydrogens is 316 g/mol. The second kappa shape index (κ2) is 14.8. The molecule has 0 aliphatic rings. The standard InChI is InChI=1S/C16H36O4SSi/c1-5-21(17)15-13-11-9-7-6-8-10-12-14-16-22(18-2,19-3)20-4/h5-16H2,1-4H3. The van der Waals surface area contributed by atoms with E-state index >= 15 is 0 Å². The van der Waals surface area contributed by atoms with E-state index in [1.807, 2.05) is 6.92 Å². The molecule has 0 spiro atoms. The largest absolute Gasteiger partial charge is 0.500 e. The van der Waals surface area contributed by atoms with Crippen LogP contribution >= 0.6 is 0 Å². The lowest BCUT2D eigenvalue weighted by Crippen LogP contribution is -2.42. The molecule has 0 radical (unpaired) electrons. The van der Waals surface area contributed by atoms with Crippen LogP contribution in [0.15, 0.2) is 0 Å². The average molecular weight is 353 g/mol. The summed E-state index contributed by atoms with van der Waals surface area (Å²) in [4.78, 5) is 0. The van der Waals surface area contributed by atoms with Crippen molar-refractivity contribution in [2.75, 3.05) is 32.8 Å². The molecule has 0 bridgehead atoms. The van der Waals surface area contributed by atoms with Crippen LogP contribution in [0.2, 0.25) is 6.04 Å². The van der Waals surface area contributed by atoms with Crippen LogP contribution in [0.5, 0.6) is 0 Å². The Morgan fingerprint density at radius 3 is 1.55 bits per heavy atom. The van der Waals surface area contributed by atoms with Gasteiger partial charge >= 0.3 is 8.80 Å². The molecule has 1 atom stereocenters. The summed E-state index contributed by atoms with van der Waals surface area (Å²) in [6, 6.07) is 0.908. The fourth-order valence-electron chi connectivity index (χ4n) is 2.54. The zero-order chi connectivity index (χ0) is 16.7. The summed E-state index contributed by atoms with van der Waals surface area (Å²) >= 11 is 0. The Balaban J connectivity index is 3.35. The van der Waals surface area contributed by atoms with Gasteiger partial charge in [0.2, 0.25) is 0 Å². The number of rotatable bonds is 16. The molecule has 0 aliphatic heterocycles. The zero-order valence-corrected chi connectivity index (χ0v) is 16.8. The lowest BCUT2D eigenvalue weighted by Gasteiger charge is -2.24. The molecule has 22 heavy (non-hydrogen) atoms. The molecule has 0 N–H and O–H groups in total. The zero-order valence-electron chi connectivity index (χ0n) is 15.0. The van der Waals surface area contributed by atoms with Crippen molar-refractivity contribution < 1.29 is 17.5 Å². The minimum absolute atomic E-state index is 0.577. The van der Waals surface area contributed by atoms with Gasteiger partial charge in [-0.15, -0.1) is 0 Å². The quantitative estimate of drug-likeness (QED) is 0.309. The maximum absolute atomic E-state index is 11.3. The van der Waals surface area contributed by atoms with Crippen molar-refractivity contribution in [2.24, 2.45) is 0 Å². The molecule has 0 fully saturated rings. The van der Waals surface area contributed by atoms with E-state index in [2.05, 4.69) is 0 Å². The highest BCUT2D eigenvalue weighted by atomic mass is 32.2. The molecule has 4 nitrogen and oxygen atoms in total. The molecule has 0 aromatic carbocycles. The van der Waals surface area contributed by atoms with E-state index in [4.69, 9.17) is 13.3 Å². The molecule has 0 amide bonds. The lowest BCUT2D eigenvalue weighted by atomic mass is 10.1. The van der Waals surface area contributed by atoms with Crippen molar-refractivity contribution in [1.82, 2.24) is 0 Å². The SMILES string of the molecule is CCS(=O)CCCCCCCCCCC[Si](OC)(OC)OC. The van der Waals surface area contributed by atoms with Crippen molar-refractivity contribution in [1.29, 1.82) is 0 Å². The monoisotopic (exact) mass is 352 g/mol. The molecule has 0 aliphatic carbocycles. The van der Waals surface area contributed by atoms with E-state index < -0.39 is 19.6 Å². The Hall–Kier alpha value is 0.247. The highest BCUT2D eigenvalue weighted by Gasteiger charge is 2.36. The summed E-state index contributed by atoms with van der Waals surface area (Å²) in [6.45, 7) is 1.99. The summed E-state index contributed by atoms with van der Waals surface area (Å²) in [5.74, 6) is 1.69. The maximum atomic E-state index is 11.3. The van der Waals surface area contributed by atoms with Gasteiger partial charge in [-0.3, -0.25) is 4.21 Å². The molecule has 0 saturated heterocycles. The van der Waals surface area contributed by atoms with E-state index in [-0.39, 0.29) is 0 Å². The predicted octanol–water partition coefficient (Wildman–Crippen LogP) is 4.14. The Labute approximate surface area is 141 Å². The van der Waals surface area contributed by atoms with Gasteiger partial charge in [-0.2, -0.15) is 0 Å². The van der Waals surface area contributed by atoms with E-state index in [0.29, 0.717) is 0 Å². The van der Waals surface area contributed by atoms with Crippen LogP contribution < -0.4 is 0 Å². The third kappa shape index (κ3) is 10.9. The Morgan fingerprint density at radius 1 is 0.727 bits per heavy atom. The van der Waals surface area contributed by atoms with Gasteiger partial charge in [0.25, 0.3) is 0 Å². The Morgan fingerprint density at radius 2 is 1.14 bits per heavy atom. The second-order valence-electron chi connectivity index (χ2n) is 5.66. The number of hydrogen-bond acceptors (Lipinski definition) is 4. The van der Waals surface area contributed by atoms with Crippen LogP contribution in [-0.4, -0.2) is 45.8 Å². The van der Waals surface area contributed by atoms with E-state index in [9.17, 15) is 4.21 Å². The van der Waals surface area contributed by atoms with Crippen LogP contribution in [0.4, 0.5) is 0 Å². The first kappa shape index (κ1) is 22.2. The first-order valence-electron chi connectivity index (χ1n) is 8.64. The molecule has 1 unspecified atom stereocenters. The van der Waals surface area contributed by atoms with Gasteiger partial charge < -0.3 is 13.3 Å². The third-order valence-electron chi connectivity index (χ3n) is 4.11. The molecule has 0 heterocycles. The van der Waals surface area contributed by atoms with Crippen LogP contribution in [-0.2, 0) is 24.1 Å². The van der Waals surface area contributed by atoms with E-state index in [1.54, 1.807) is 21.3 Å². The molecule has 0 rings (SSSR count). The minimum Gasteiger partial charge on any atom is -0.377 e. The first-order valence-corrected chi connectivity index (χ1v) is 12.1. The highest BCUT2D eigenvalue weighted by molar-refractivity contribution is 7.84. The molecular formula is C16H36O4SSi. The van der Waals surface area contributed by atoms with Gasteiger partial charge in [0.1, 0.15) is 0 Å². The topological polar surface area (TPSA) is 44.8 Å². The molecule has 0 aromatic rings. The van der Waals surface area contributed by atoms with Gasteiger partial charge in [-0.05, 0) is 12.8 Å². The Kier molecular flexibility index (Phi) is 15.0. The van der Waals surface area contributed by atoms with Crippen LogP contribution in [0, 0.1) is 0 Å². The molecule has 134 valence electrons. The van der Waals surface area contributed by atoms with Gasteiger partial charge in [0, 0.05) is 49.7 Å². The van der Waals surface area contributed by atoms with Gasteiger partial charge in [-0.1, -0.05) is 51.9 Å². The van der Waals surface area contributed by atoms with Crippen LogP contribution in [0.3, 0.4) is 0 Å². The van der Waals surface area contributed by atoms with Crippen molar-refractivity contribution >= 4 is 19.6 Å². The summed E-state index contributed by atoms with van der Waals surface area (Å²) in [6.07, 6.45) is 11.2. The fraction of sp³-hybridized carbons (Fsp3) is 1.00. The number of hydrogen-bond donors (Lipinski definition) is 0. The number of unbranched alkanes of at least 4 members (excludes halogenated alkanes) is 8. The summed E-state index contributed by atoms with van der Waals surface area (Å²) < 4.78 is 27.5. The third-order valence-corrected chi connectivity index (χ3v) is 8.33. The van der Waals surface area contributed by atoms with Crippen molar-refractivity contribution in [3.05, 3.63) is 0 Å². The van der Waals surface area contributed by atoms with E-state index in [1.165, 1.54) is 44.9 Å². The normalized spacial score (nSPS) is 13.5. The summed E-state index contributed by atoms with van der Waals surface area (Å²) in [5.41, 5.74) is 0. The first-order chi connectivity index (χ1) is 10.6. The Bertz CT molecular complexity index is 265. The van der Waals surface area contributed by atoms with Crippen LogP contribution in [0.1, 0.15) is 64.7 Å². The van der Waals surface area contributed by atoms with Gasteiger partial charge in [0.05, 0.1) is 0 Å². The lowest BCUT2D eigenvalue weighted by molar-refractivity contribution is 0.122. The molecule has 6 heteroatoms. The van der Waals surface area contributed by atoms with Gasteiger partial charge in [-0.25, -0.2) is 0 Å². The summed E-state index contributed by atoms with van der Waals surface area (Å²) in [5, 5.41) is 0. The average Bonchev–Trinajstić information content (AvgIpc) is 2.56. The van der Waals surface area contributed by atoms with Gasteiger partial charge in [0.15, 0.2) is 0 Å². The summed E-state index contributed by atoms with van der Waals surface area (Å²) in [7, 11) is 2.11. The maximum Gasteiger partial charge on any atom is 0.500 e. The fourth-order valence-corrected chi connectivity index (χ4v) is 5.15. The van der Waals surface area contributed by atoms with Crippen molar-refractivity contribution in [2.45, 2.75) is 70.8 Å². The van der Waals surface area contributed by atoms with Crippen molar-refractivity contribution in [3.63, 3.8) is 0 Å². The van der Waals surface area contributed by atoms with Crippen LogP contribution in [0.25, 0.3) is 0 Å². The highest BCUT2D eigenvalue weighted by Crippen LogP contribution is 2.18. The minimum atomic E-state index is -2.35. The predicted molar refractivity (Wildman–Crippen MR) is 96.7 cm³/mol. The smallest absolute Gasteiger partial charge is 0.377 e.